The molecule has 1 saturated heterocycles. The summed E-state index contributed by atoms with van der Waals surface area (Å²) in [6.07, 6.45) is 2.45. The molecular weight excluding hydrogens is 340 g/mol. The molecule has 132 valence electrons. The Morgan fingerprint density at radius 2 is 1.68 bits per heavy atom. The summed E-state index contributed by atoms with van der Waals surface area (Å²) < 4.78 is 10.5. The number of carbonyl (C=O) groups is 1. The summed E-state index contributed by atoms with van der Waals surface area (Å²) in [7, 11) is 3.05. The molecule has 1 aliphatic heterocycles. The molecule has 0 aromatic heterocycles. The number of anilines is 2. The molecule has 0 saturated carbocycles. The van der Waals surface area contributed by atoms with Crippen LogP contribution < -0.4 is 19.7 Å². The third-order valence-electron chi connectivity index (χ3n) is 4.32. The Kier molecular flexibility index (Phi) is 5.34. The molecule has 0 atom stereocenters. The van der Waals surface area contributed by atoms with Gasteiger partial charge in [0.1, 0.15) is 11.5 Å². The van der Waals surface area contributed by atoms with Crippen LogP contribution >= 0.6 is 11.6 Å². The summed E-state index contributed by atoms with van der Waals surface area (Å²) in [5.41, 5.74) is 2.25. The fourth-order valence-electron chi connectivity index (χ4n) is 2.95. The number of nitrogens with one attached hydrogen (secondary N) is 1. The monoisotopic (exact) mass is 360 g/mol. The molecule has 0 spiro atoms. The van der Waals surface area contributed by atoms with Crippen molar-refractivity contribution in [3.05, 3.63) is 47.0 Å². The zero-order chi connectivity index (χ0) is 17.8. The molecule has 0 aliphatic carbocycles. The molecule has 2 aromatic carbocycles. The van der Waals surface area contributed by atoms with E-state index in [4.69, 9.17) is 21.1 Å². The van der Waals surface area contributed by atoms with Gasteiger partial charge in [0, 0.05) is 36.5 Å². The normalized spacial score (nSPS) is 13.6. The van der Waals surface area contributed by atoms with Gasteiger partial charge in [0.15, 0.2) is 0 Å². The van der Waals surface area contributed by atoms with Crippen molar-refractivity contribution in [2.75, 3.05) is 37.5 Å². The van der Waals surface area contributed by atoms with E-state index < -0.39 is 0 Å². The van der Waals surface area contributed by atoms with Crippen molar-refractivity contribution in [1.82, 2.24) is 0 Å². The first-order valence-electron chi connectivity index (χ1n) is 8.20. The minimum atomic E-state index is -0.212. The van der Waals surface area contributed by atoms with Crippen molar-refractivity contribution in [3.63, 3.8) is 0 Å². The van der Waals surface area contributed by atoms with Gasteiger partial charge < -0.3 is 19.7 Å². The Hall–Kier alpha value is -2.40. The van der Waals surface area contributed by atoms with E-state index in [0.717, 1.165) is 18.8 Å². The Bertz CT molecular complexity index is 756. The molecule has 0 unspecified atom stereocenters. The van der Waals surface area contributed by atoms with Gasteiger partial charge in [-0.2, -0.15) is 0 Å². The second-order valence-corrected chi connectivity index (χ2v) is 6.29. The first-order valence-corrected chi connectivity index (χ1v) is 8.58. The topological polar surface area (TPSA) is 50.8 Å². The van der Waals surface area contributed by atoms with Gasteiger partial charge in [0.2, 0.25) is 0 Å². The molecule has 0 bridgehead atoms. The third kappa shape index (κ3) is 3.82. The van der Waals surface area contributed by atoms with Crippen LogP contribution in [0.15, 0.2) is 36.4 Å². The van der Waals surface area contributed by atoms with Gasteiger partial charge >= 0.3 is 0 Å². The summed E-state index contributed by atoms with van der Waals surface area (Å²) in [6.45, 7) is 2.15. The molecular formula is C19H21ClN2O3. The van der Waals surface area contributed by atoms with E-state index in [1.165, 1.54) is 27.1 Å². The van der Waals surface area contributed by atoms with Gasteiger partial charge in [0.25, 0.3) is 5.91 Å². The van der Waals surface area contributed by atoms with E-state index in [9.17, 15) is 4.79 Å². The van der Waals surface area contributed by atoms with Crippen LogP contribution in [0.1, 0.15) is 23.2 Å². The summed E-state index contributed by atoms with van der Waals surface area (Å²) >= 11 is 6.09. The van der Waals surface area contributed by atoms with Crippen LogP contribution in [0, 0.1) is 0 Å². The first kappa shape index (κ1) is 17.4. The second-order valence-electron chi connectivity index (χ2n) is 5.88. The minimum Gasteiger partial charge on any atom is -0.495 e. The smallest absolute Gasteiger partial charge is 0.255 e. The van der Waals surface area contributed by atoms with Crippen LogP contribution in [0.4, 0.5) is 11.4 Å². The minimum absolute atomic E-state index is 0.212. The van der Waals surface area contributed by atoms with Gasteiger partial charge in [-0.3, -0.25) is 4.79 Å². The molecule has 2 aromatic rings. The van der Waals surface area contributed by atoms with Crippen LogP contribution in [0.5, 0.6) is 11.5 Å². The van der Waals surface area contributed by atoms with Gasteiger partial charge in [-0.1, -0.05) is 11.6 Å². The predicted molar refractivity (Wildman–Crippen MR) is 100 cm³/mol. The van der Waals surface area contributed by atoms with E-state index in [-0.39, 0.29) is 5.91 Å². The number of hydrogen-bond donors (Lipinski definition) is 1. The number of rotatable bonds is 5. The summed E-state index contributed by atoms with van der Waals surface area (Å²) in [4.78, 5) is 14.9. The first-order chi connectivity index (χ1) is 12.1. The lowest BCUT2D eigenvalue weighted by atomic mass is 10.1. The molecule has 1 N–H and O–H groups in total. The number of ether oxygens (including phenoxy) is 2. The Morgan fingerprint density at radius 1 is 1.04 bits per heavy atom. The Labute approximate surface area is 152 Å². The average molecular weight is 361 g/mol. The number of hydrogen-bond acceptors (Lipinski definition) is 4. The van der Waals surface area contributed by atoms with Crippen LogP contribution in [0.3, 0.4) is 0 Å². The fourth-order valence-corrected chi connectivity index (χ4v) is 3.18. The van der Waals surface area contributed by atoms with Crippen LogP contribution in [-0.2, 0) is 0 Å². The molecule has 6 heteroatoms. The van der Waals surface area contributed by atoms with Crippen molar-refractivity contribution in [3.8, 4) is 11.5 Å². The number of carbonyl (C=O) groups excluding carboxylic acids is 1. The molecule has 25 heavy (non-hydrogen) atoms. The molecule has 3 rings (SSSR count). The zero-order valence-electron chi connectivity index (χ0n) is 14.3. The Morgan fingerprint density at radius 3 is 2.28 bits per heavy atom. The van der Waals surface area contributed by atoms with E-state index in [2.05, 4.69) is 10.2 Å². The maximum Gasteiger partial charge on any atom is 0.255 e. The highest BCUT2D eigenvalue weighted by atomic mass is 35.5. The number of amides is 1. The average Bonchev–Trinajstić information content (AvgIpc) is 3.17. The second kappa shape index (κ2) is 7.66. The zero-order valence-corrected chi connectivity index (χ0v) is 15.1. The summed E-state index contributed by atoms with van der Waals surface area (Å²) in [6, 6.07) is 10.9. The highest BCUT2D eigenvalue weighted by Gasteiger charge is 2.15. The lowest BCUT2D eigenvalue weighted by Gasteiger charge is -2.18. The van der Waals surface area contributed by atoms with E-state index in [1.807, 2.05) is 24.3 Å². The number of nitrogens with zero attached hydrogens (tertiary/aromatic N) is 1. The number of halogens is 1. The quantitative estimate of drug-likeness (QED) is 0.867. The highest BCUT2D eigenvalue weighted by Crippen LogP contribution is 2.36. The van der Waals surface area contributed by atoms with Crippen molar-refractivity contribution in [1.29, 1.82) is 0 Å². The number of methoxy groups -OCH3 is 2. The van der Waals surface area contributed by atoms with Crippen molar-refractivity contribution in [2.45, 2.75) is 12.8 Å². The highest BCUT2D eigenvalue weighted by molar-refractivity contribution is 6.32. The lowest BCUT2D eigenvalue weighted by molar-refractivity contribution is 0.102. The maximum absolute atomic E-state index is 12.5. The van der Waals surface area contributed by atoms with Crippen LogP contribution in [0.2, 0.25) is 5.02 Å². The van der Waals surface area contributed by atoms with Gasteiger partial charge in [-0.05, 0) is 37.1 Å². The largest absolute Gasteiger partial charge is 0.495 e. The molecule has 1 amide bonds. The third-order valence-corrected chi connectivity index (χ3v) is 4.62. The molecule has 1 heterocycles. The standard InChI is InChI=1S/C19H21ClN2O3/c1-24-17-12-16(18(25-2)11-15(17)20)21-19(23)13-5-7-14(8-6-13)22-9-3-4-10-22/h5-8,11-12H,3-4,9-10H2,1-2H3,(H,21,23). The van der Waals surface area contributed by atoms with E-state index in [0.29, 0.717) is 27.8 Å². The molecule has 0 radical (unpaired) electrons. The summed E-state index contributed by atoms with van der Waals surface area (Å²) in [5.74, 6) is 0.741. The van der Waals surface area contributed by atoms with E-state index in [1.54, 1.807) is 12.1 Å². The molecule has 1 aliphatic rings. The Balaban J connectivity index is 1.77. The lowest BCUT2D eigenvalue weighted by Crippen LogP contribution is -2.18. The van der Waals surface area contributed by atoms with Gasteiger partial charge in [0.05, 0.1) is 24.9 Å². The van der Waals surface area contributed by atoms with Crippen LogP contribution in [-0.4, -0.2) is 33.2 Å². The SMILES string of the molecule is COc1cc(NC(=O)c2ccc(N3CCCC3)cc2)c(OC)cc1Cl. The van der Waals surface area contributed by atoms with Crippen molar-refractivity contribution in [2.24, 2.45) is 0 Å². The van der Waals surface area contributed by atoms with Crippen LogP contribution in [0.25, 0.3) is 0 Å². The van der Waals surface area contributed by atoms with Crippen molar-refractivity contribution < 1.29 is 14.3 Å². The summed E-state index contributed by atoms with van der Waals surface area (Å²) in [5, 5.41) is 3.28. The maximum atomic E-state index is 12.5. The predicted octanol–water partition coefficient (Wildman–Crippen LogP) is 4.21. The van der Waals surface area contributed by atoms with Crippen molar-refractivity contribution >= 4 is 28.9 Å². The van der Waals surface area contributed by atoms with Gasteiger partial charge in [-0.25, -0.2) is 0 Å². The van der Waals surface area contributed by atoms with Gasteiger partial charge in [-0.15, -0.1) is 0 Å². The van der Waals surface area contributed by atoms with E-state index >= 15 is 0 Å². The molecule has 1 fully saturated rings. The number of benzene rings is 2. The fraction of sp³-hybridized carbons (Fsp3) is 0.316. The molecule has 5 nitrogen and oxygen atoms in total.